The molecule has 1 saturated carbocycles. The number of imidazole rings is 1. The van der Waals surface area contributed by atoms with Crippen molar-refractivity contribution in [2.45, 2.75) is 31.2 Å². The lowest BCUT2D eigenvalue weighted by Crippen LogP contribution is -2.37. The molecule has 2 nitrogen and oxygen atoms in total. The Morgan fingerprint density at radius 1 is 1.08 bits per heavy atom. The summed E-state index contributed by atoms with van der Waals surface area (Å²) in [5.74, 6) is 1.01. The first-order valence-electron chi connectivity index (χ1n) is 9.56. The summed E-state index contributed by atoms with van der Waals surface area (Å²) in [5, 5.41) is 4.17. The van der Waals surface area contributed by atoms with Crippen molar-refractivity contribution in [1.82, 2.24) is 4.40 Å². The molecule has 2 heteroatoms. The van der Waals surface area contributed by atoms with Gasteiger partial charge in [0.25, 0.3) is 5.65 Å². The maximum atomic E-state index is 4.43. The van der Waals surface area contributed by atoms with Crippen LogP contribution in [-0.4, -0.2) is 4.40 Å². The van der Waals surface area contributed by atoms with Crippen LogP contribution in [0.1, 0.15) is 48.2 Å². The lowest BCUT2D eigenvalue weighted by molar-refractivity contribution is -0.674. The van der Waals surface area contributed by atoms with E-state index in [1.165, 1.54) is 49.8 Å². The Kier molecular flexibility index (Phi) is 2.10. The molecule has 7 rings (SSSR count). The number of allylic oxidation sites excluding steroid dienone is 2. The van der Waals surface area contributed by atoms with Gasteiger partial charge in [-0.25, -0.2) is 4.57 Å². The van der Waals surface area contributed by atoms with Crippen LogP contribution in [0.2, 0.25) is 0 Å². The van der Waals surface area contributed by atoms with Crippen LogP contribution in [0, 0.1) is 0 Å². The Morgan fingerprint density at radius 2 is 1.92 bits per heavy atom. The molecule has 124 valence electrons. The maximum absolute atomic E-state index is 4.43. The molecule has 2 aliphatic carbocycles. The largest absolute Gasteiger partial charge is 0.296 e. The van der Waals surface area contributed by atoms with E-state index in [0.717, 1.165) is 6.42 Å². The lowest BCUT2D eigenvalue weighted by Gasteiger charge is -2.13. The highest BCUT2D eigenvalue weighted by Crippen LogP contribution is 2.59. The average Bonchev–Trinajstić information content (AvgIpc) is 3.20. The summed E-state index contributed by atoms with van der Waals surface area (Å²) in [5.41, 5.74) is 8.40. The average molecular weight is 335 g/mol. The van der Waals surface area contributed by atoms with Gasteiger partial charge in [0.2, 0.25) is 0 Å². The molecule has 2 aromatic heterocycles. The van der Waals surface area contributed by atoms with Gasteiger partial charge < -0.3 is 0 Å². The van der Waals surface area contributed by atoms with Gasteiger partial charge in [-0.2, -0.15) is 4.40 Å². The summed E-state index contributed by atoms with van der Waals surface area (Å²) >= 11 is 0. The van der Waals surface area contributed by atoms with E-state index in [1.54, 1.807) is 0 Å². The summed E-state index contributed by atoms with van der Waals surface area (Å²) in [6, 6.07) is 16.2. The van der Waals surface area contributed by atoms with Crippen molar-refractivity contribution in [2.24, 2.45) is 0 Å². The monoisotopic (exact) mass is 335 g/mol. The minimum absolute atomic E-state index is 0.433. The first-order valence-corrected chi connectivity index (χ1v) is 9.56. The summed E-state index contributed by atoms with van der Waals surface area (Å²) in [7, 11) is 0. The Hall–Kier alpha value is -2.87. The highest BCUT2D eigenvalue weighted by molar-refractivity contribution is 6.13. The van der Waals surface area contributed by atoms with Crippen LogP contribution in [0.3, 0.4) is 0 Å². The number of aromatic nitrogens is 2. The second kappa shape index (κ2) is 4.09. The number of pyridine rings is 1. The zero-order chi connectivity index (χ0) is 17.2. The van der Waals surface area contributed by atoms with Crippen LogP contribution < -0.4 is 4.57 Å². The maximum Gasteiger partial charge on any atom is 0.296 e. The van der Waals surface area contributed by atoms with Gasteiger partial charge in [-0.15, -0.1) is 0 Å². The van der Waals surface area contributed by atoms with Crippen molar-refractivity contribution in [3.63, 3.8) is 0 Å². The fourth-order valence-electron chi connectivity index (χ4n) is 5.65. The third kappa shape index (κ3) is 1.27. The zero-order valence-electron chi connectivity index (χ0n) is 14.7. The van der Waals surface area contributed by atoms with E-state index in [2.05, 4.69) is 77.1 Å². The van der Waals surface area contributed by atoms with E-state index in [-0.39, 0.29) is 0 Å². The summed E-state index contributed by atoms with van der Waals surface area (Å²) < 4.78 is 5.16. The molecule has 3 unspecified atom stereocenters. The molecule has 3 heterocycles. The Bertz CT molecular complexity index is 1350. The molecule has 3 aliphatic rings. The van der Waals surface area contributed by atoms with Gasteiger partial charge in [0.15, 0.2) is 11.4 Å². The molecule has 0 spiro atoms. The second-order valence-electron chi connectivity index (χ2n) is 8.12. The minimum atomic E-state index is 0.433. The molecule has 2 aromatic carbocycles. The number of fused-ring (bicyclic) bond motifs is 9. The van der Waals surface area contributed by atoms with Gasteiger partial charge in [-0.05, 0) is 29.7 Å². The van der Waals surface area contributed by atoms with Crippen molar-refractivity contribution in [3.8, 4) is 0 Å². The first kappa shape index (κ1) is 13.3. The number of para-hydroxylation sites is 1. The van der Waals surface area contributed by atoms with E-state index < -0.39 is 0 Å². The predicted octanol–water partition coefficient (Wildman–Crippen LogP) is 5.26. The highest BCUT2D eigenvalue weighted by Gasteiger charge is 2.56. The first-order chi connectivity index (χ1) is 12.8. The number of benzene rings is 2. The van der Waals surface area contributed by atoms with Crippen molar-refractivity contribution in [1.29, 1.82) is 0 Å². The fraction of sp³-hybridized carbons (Fsp3) is 0.208. The molecule has 1 aliphatic heterocycles. The van der Waals surface area contributed by atoms with Gasteiger partial charge >= 0.3 is 0 Å². The highest BCUT2D eigenvalue weighted by atomic mass is 15.2. The van der Waals surface area contributed by atoms with E-state index in [4.69, 9.17) is 0 Å². The minimum Gasteiger partial charge on any atom is -0.215 e. The fourth-order valence-corrected chi connectivity index (χ4v) is 5.65. The molecular weight excluding hydrogens is 316 g/mol. The van der Waals surface area contributed by atoms with Crippen molar-refractivity contribution in [2.75, 3.05) is 0 Å². The third-order valence-electron chi connectivity index (χ3n) is 6.79. The normalized spacial score (nSPS) is 25.3. The molecule has 0 bridgehead atoms. The van der Waals surface area contributed by atoms with E-state index in [1.807, 2.05) is 0 Å². The van der Waals surface area contributed by atoms with Gasteiger partial charge in [-0.3, -0.25) is 0 Å². The van der Waals surface area contributed by atoms with Crippen LogP contribution >= 0.6 is 0 Å². The molecule has 26 heavy (non-hydrogen) atoms. The van der Waals surface area contributed by atoms with Crippen molar-refractivity contribution >= 4 is 33.4 Å². The number of hydrogen-bond donors (Lipinski definition) is 0. The summed E-state index contributed by atoms with van der Waals surface area (Å²) in [6.45, 7) is 6.79. The molecular formula is C24H19N2+. The number of hydrogen-bond acceptors (Lipinski definition) is 0. The van der Waals surface area contributed by atoms with Gasteiger partial charge in [0, 0.05) is 16.7 Å². The van der Waals surface area contributed by atoms with Crippen molar-refractivity contribution < 1.29 is 4.57 Å². The van der Waals surface area contributed by atoms with Crippen LogP contribution in [-0.2, 0) is 0 Å². The zero-order valence-corrected chi connectivity index (χ0v) is 14.7. The van der Waals surface area contributed by atoms with Crippen LogP contribution in [0.25, 0.3) is 33.4 Å². The standard InChI is InChI=1S/C24H19N2/c1-13-7-5-12-19-22(13)25-18-11-4-3-8-15(18)16-9-6-10-17-20-14(2)23(20)26(19)24(25)21(16)17/h3-6,8-13,20,23H,2,7H2,1H3/q+1. The quantitative estimate of drug-likeness (QED) is 0.235. The van der Waals surface area contributed by atoms with Gasteiger partial charge in [0.1, 0.15) is 11.6 Å². The molecule has 4 aromatic rings. The van der Waals surface area contributed by atoms with Gasteiger partial charge in [-0.1, -0.05) is 56.0 Å². The topological polar surface area (TPSA) is 8.29 Å². The Balaban J connectivity index is 1.89. The second-order valence-corrected chi connectivity index (χ2v) is 8.12. The molecule has 0 amide bonds. The lowest BCUT2D eigenvalue weighted by atomic mass is 9.96. The molecule has 0 saturated heterocycles. The molecule has 0 N–H and O–H groups in total. The third-order valence-corrected chi connectivity index (χ3v) is 6.79. The van der Waals surface area contributed by atoms with E-state index in [9.17, 15) is 0 Å². The van der Waals surface area contributed by atoms with Crippen molar-refractivity contribution in [3.05, 3.63) is 77.6 Å². The van der Waals surface area contributed by atoms with E-state index in [0.29, 0.717) is 17.9 Å². The smallest absolute Gasteiger partial charge is 0.215 e. The summed E-state index contributed by atoms with van der Waals surface area (Å²) in [4.78, 5) is 0. The number of rotatable bonds is 0. The molecule has 1 fully saturated rings. The summed E-state index contributed by atoms with van der Waals surface area (Å²) in [6.07, 6.45) is 5.80. The number of nitrogens with zero attached hydrogens (tertiary/aromatic N) is 2. The Morgan fingerprint density at radius 3 is 2.85 bits per heavy atom. The molecule has 0 radical (unpaired) electrons. The van der Waals surface area contributed by atoms with Gasteiger partial charge in [0.05, 0.1) is 11.3 Å². The SMILES string of the molecule is C=C1C2c3cccc4c5ccccc5n5c6c([n+](c5c34)C12)C=CCC6C. The van der Waals surface area contributed by atoms with Crippen LogP contribution in [0.15, 0.2) is 60.7 Å². The Labute approximate surface area is 151 Å². The predicted molar refractivity (Wildman–Crippen MR) is 106 cm³/mol. The van der Waals surface area contributed by atoms with Crippen LogP contribution in [0.4, 0.5) is 0 Å². The molecule has 3 atom stereocenters. The van der Waals surface area contributed by atoms with Crippen LogP contribution in [0.5, 0.6) is 0 Å². The van der Waals surface area contributed by atoms with E-state index >= 15 is 0 Å².